The van der Waals surface area contributed by atoms with Gasteiger partial charge in [0.2, 0.25) is 0 Å². The number of nitrogens with zero attached hydrogens (tertiary/aromatic N) is 1. The van der Waals surface area contributed by atoms with E-state index < -0.39 is 0 Å². The second-order valence-electron chi connectivity index (χ2n) is 2.02. The number of hydrogen-bond acceptors (Lipinski definition) is 1. The molecule has 1 N–H and O–H groups in total. The molecule has 1 rings (SSSR count). The second kappa shape index (κ2) is 4.97. The highest BCUT2D eigenvalue weighted by atomic mass is 14.8. The lowest BCUT2D eigenvalue weighted by molar-refractivity contribution is 0.818. The van der Waals surface area contributed by atoms with Gasteiger partial charge in [-0.3, -0.25) is 0 Å². The zero-order chi connectivity index (χ0) is 6.53. The molecule has 10 heavy (non-hydrogen) atoms. The van der Waals surface area contributed by atoms with Gasteiger partial charge in [-0.1, -0.05) is 30.3 Å². The van der Waals surface area contributed by atoms with Crippen molar-refractivity contribution in [3.63, 3.8) is 0 Å². The number of rotatable bonds is 2. The smallest absolute Gasteiger partial charge is 0.0202 e. The summed E-state index contributed by atoms with van der Waals surface area (Å²) in [6.07, 6.45) is 0. The fraction of sp³-hybridized carbons (Fsp3) is 0.250. The van der Waals surface area contributed by atoms with Gasteiger partial charge in [-0.05, 0) is 12.6 Å². The van der Waals surface area contributed by atoms with Crippen molar-refractivity contribution in [2.24, 2.45) is 0 Å². The first kappa shape index (κ1) is 9.14. The molecular weight excluding hydrogens is 124 g/mol. The van der Waals surface area contributed by atoms with E-state index in [1.807, 2.05) is 25.2 Å². The van der Waals surface area contributed by atoms with Crippen molar-refractivity contribution in [1.29, 1.82) is 0 Å². The molecule has 0 saturated heterocycles. The average molecular weight is 135 g/mol. The topological polar surface area (TPSA) is 42.5 Å². The Morgan fingerprint density at radius 3 is 2.30 bits per heavy atom. The number of nitrogens with one attached hydrogen (secondary N) is 1. The highest BCUT2D eigenvalue weighted by molar-refractivity contribution is 5.13. The molecule has 0 aromatic heterocycles. The lowest BCUT2D eigenvalue weighted by atomic mass is 10.2. The van der Waals surface area contributed by atoms with E-state index in [-0.39, 0.29) is 6.15 Å². The molecular formula is C8H11N2. The van der Waals surface area contributed by atoms with E-state index in [9.17, 15) is 0 Å². The third-order valence-electron chi connectivity index (χ3n) is 1.22. The fourth-order valence-electron chi connectivity index (χ4n) is 0.800. The largest absolute Gasteiger partial charge is 0.316 e. The van der Waals surface area contributed by atoms with E-state index >= 15 is 0 Å². The van der Waals surface area contributed by atoms with Gasteiger partial charge >= 0.3 is 0 Å². The molecule has 2 heteroatoms. The summed E-state index contributed by atoms with van der Waals surface area (Å²) in [5.41, 5.74) is 1.33. The van der Waals surface area contributed by atoms with Crippen LogP contribution < -0.4 is 11.5 Å². The Morgan fingerprint density at radius 2 is 1.80 bits per heavy atom. The van der Waals surface area contributed by atoms with Gasteiger partial charge in [0.1, 0.15) is 0 Å². The van der Waals surface area contributed by atoms with Crippen molar-refractivity contribution in [2.75, 3.05) is 7.05 Å². The summed E-state index contributed by atoms with van der Waals surface area (Å²) in [6, 6.07) is 10.3. The Morgan fingerprint density at radius 1 is 1.20 bits per heavy atom. The molecule has 0 heterocycles. The molecule has 3 radical (unpaired) electrons. The van der Waals surface area contributed by atoms with Gasteiger partial charge in [0.25, 0.3) is 0 Å². The van der Waals surface area contributed by atoms with Gasteiger partial charge in [-0.25, -0.2) is 0 Å². The summed E-state index contributed by atoms with van der Waals surface area (Å²) in [5, 5.41) is 3.08. The predicted octanol–water partition coefficient (Wildman–Crippen LogP) is 0.925. The van der Waals surface area contributed by atoms with E-state index in [1.54, 1.807) is 0 Å². The first-order valence-corrected chi connectivity index (χ1v) is 3.12. The predicted molar refractivity (Wildman–Crippen MR) is 41.3 cm³/mol. The normalized spacial score (nSPS) is 8.50. The lowest BCUT2D eigenvalue weighted by Crippen LogP contribution is -2.04. The quantitative estimate of drug-likeness (QED) is 0.644. The monoisotopic (exact) mass is 135 g/mol. The summed E-state index contributed by atoms with van der Waals surface area (Å²) in [5.74, 6) is 0. The highest BCUT2D eigenvalue weighted by Crippen LogP contribution is 1.95. The van der Waals surface area contributed by atoms with Gasteiger partial charge in [-0.2, -0.15) is 0 Å². The molecule has 0 bridgehead atoms. The number of benzene rings is 1. The van der Waals surface area contributed by atoms with Gasteiger partial charge in [0.15, 0.2) is 0 Å². The molecule has 0 saturated carbocycles. The molecule has 1 aromatic rings. The molecule has 0 amide bonds. The van der Waals surface area contributed by atoms with Crippen molar-refractivity contribution < 1.29 is 0 Å². The van der Waals surface area contributed by atoms with Crippen LogP contribution in [0.1, 0.15) is 5.56 Å². The first-order valence-electron chi connectivity index (χ1n) is 3.12. The summed E-state index contributed by atoms with van der Waals surface area (Å²) < 4.78 is 0. The van der Waals surface area contributed by atoms with Crippen molar-refractivity contribution in [2.45, 2.75) is 6.54 Å². The Hall–Kier alpha value is -0.860. The molecule has 2 nitrogen and oxygen atoms in total. The molecule has 0 spiro atoms. The standard InChI is InChI=1S/C8H11N.N/c1-9-7-8-5-3-2-4-6-8;/h2-6,9H,7H2,1H3;. The summed E-state index contributed by atoms with van der Waals surface area (Å²) >= 11 is 0. The molecule has 1 aromatic carbocycles. The van der Waals surface area contributed by atoms with E-state index in [2.05, 4.69) is 17.4 Å². The zero-order valence-corrected chi connectivity index (χ0v) is 6.04. The first-order chi connectivity index (χ1) is 4.43. The van der Waals surface area contributed by atoms with Crippen molar-refractivity contribution >= 4 is 0 Å². The zero-order valence-electron chi connectivity index (χ0n) is 6.04. The van der Waals surface area contributed by atoms with Gasteiger partial charge in [0, 0.05) is 12.7 Å². The maximum atomic E-state index is 3.08. The Labute approximate surface area is 61.8 Å². The molecule has 0 fully saturated rings. The third-order valence-corrected chi connectivity index (χ3v) is 1.22. The van der Waals surface area contributed by atoms with E-state index in [0.717, 1.165) is 6.54 Å². The summed E-state index contributed by atoms with van der Waals surface area (Å²) in [7, 11) is 1.95. The minimum absolute atomic E-state index is 0. The van der Waals surface area contributed by atoms with Crippen LogP contribution >= 0.6 is 0 Å². The van der Waals surface area contributed by atoms with Crippen LogP contribution in [0, 0.1) is 0 Å². The summed E-state index contributed by atoms with van der Waals surface area (Å²) in [4.78, 5) is 0. The van der Waals surface area contributed by atoms with Crippen molar-refractivity contribution in [3.05, 3.63) is 35.9 Å². The van der Waals surface area contributed by atoms with E-state index in [1.165, 1.54) is 5.56 Å². The average Bonchev–Trinajstić information content (AvgIpc) is 1.91. The van der Waals surface area contributed by atoms with Crippen LogP contribution in [0.15, 0.2) is 30.3 Å². The second-order valence-corrected chi connectivity index (χ2v) is 2.02. The van der Waals surface area contributed by atoms with Crippen LogP contribution in [-0.2, 0) is 6.54 Å². The molecule has 0 aliphatic rings. The Balaban J connectivity index is 0.000000810. The molecule has 0 aliphatic heterocycles. The lowest BCUT2D eigenvalue weighted by Gasteiger charge is -1.95. The number of hydrogen-bond donors (Lipinski definition) is 1. The molecule has 53 valence electrons. The maximum Gasteiger partial charge on any atom is 0.0202 e. The van der Waals surface area contributed by atoms with Crippen LogP contribution in [-0.4, -0.2) is 7.05 Å². The van der Waals surface area contributed by atoms with E-state index in [4.69, 9.17) is 0 Å². The Kier molecular flexibility index (Phi) is 4.54. The van der Waals surface area contributed by atoms with Crippen LogP contribution in [0.4, 0.5) is 0 Å². The molecule has 0 unspecified atom stereocenters. The molecule has 0 atom stereocenters. The minimum Gasteiger partial charge on any atom is -0.316 e. The van der Waals surface area contributed by atoms with Crippen LogP contribution in [0.3, 0.4) is 0 Å². The van der Waals surface area contributed by atoms with Crippen molar-refractivity contribution in [3.8, 4) is 0 Å². The fourth-order valence-corrected chi connectivity index (χ4v) is 0.800. The minimum atomic E-state index is 0. The SMILES string of the molecule is CNCc1ccccc1.[N]. The van der Waals surface area contributed by atoms with Crippen LogP contribution in [0.5, 0.6) is 0 Å². The molecule has 0 aliphatic carbocycles. The van der Waals surface area contributed by atoms with Crippen LogP contribution in [0.25, 0.3) is 0 Å². The highest BCUT2D eigenvalue weighted by Gasteiger charge is 1.83. The van der Waals surface area contributed by atoms with Gasteiger partial charge in [0.05, 0.1) is 0 Å². The van der Waals surface area contributed by atoms with Crippen molar-refractivity contribution in [1.82, 2.24) is 11.5 Å². The maximum absolute atomic E-state index is 3.08. The Bertz CT molecular complexity index is 160. The van der Waals surface area contributed by atoms with Gasteiger partial charge in [-0.15, -0.1) is 0 Å². The van der Waals surface area contributed by atoms with E-state index in [0.29, 0.717) is 0 Å². The third kappa shape index (κ3) is 2.62. The van der Waals surface area contributed by atoms with Crippen LogP contribution in [0.2, 0.25) is 0 Å². The van der Waals surface area contributed by atoms with Gasteiger partial charge < -0.3 is 5.32 Å². The summed E-state index contributed by atoms with van der Waals surface area (Å²) in [6.45, 7) is 0.959.